The van der Waals surface area contributed by atoms with Gasteiger partial charge in [0.15, 0.2) is 23.3 Å². The molecule has 0 aliphatic rings. The van der Waals surface area contributed by atoms with Crippen molar-refractivity contribution in [2.24, 2.45) is 0 Å². The topological polar surface area (TPSA) is 54.4 Å². The van der Waals surface area contributed by atoms with E-state index in [2.05, 4.69) is 0 Å². The second kappa shape index (κ2) is 5.33. The van der Waals surface area contributed by atoms with Gasteiger partial charge in [-0.15, -0.1) is 0 Å². The fraction of sp³-hybridized carbons (Fsp3) is 0.0769. The standard InChI is InChI=1S/C13H7F5O3S/c1-5-2-3-7(22(19,20)21)6(4-5)8-9(14)11(16)13(18)12(17)10(8)15/h2-4H,1H3,(H,19,20,21). The third-order valence-corrected chi connectivity index (χ3v) is 3.80. The molecule has 3 nitrogen and oxygen atoms in total. The summed E-state index contributed by atoms with van der Waals surface area (Å²) in [7, 11) is -4.94. The van der Waals surface area contributed by atoms with E-state index in [4.69, 9.17) is 4.55 Å². The van der Waals surface area contributed by atoms with Crippen molar-refractivity contribution in [1.29, 1.82) is 0 Å². The Bertz CT molecular complexity index is 849. The summed E-state index contributed by atoms with van der Waals surface area (Å²) in [5, 5.41) is 0. The first-order chi connectivity index (χ1) is 10.1. The van der Waals surface area contributed by atoms with Crippen LogP contribution in [0.25, 0.3) is 11.1 Å². The van der Waals surface area contributed by atoms with Crippen LogP contribution < -0.4 is 0 Å². The van der Waals surface area contributed by atoms with E-state index in [1.807, 2.05) is 0 Å². The molecule has 0 heterocycles. The summed E-state index contributed by atoms with van der Waals surface area (Å²) in [5.41, 5.74) is -1.96. The maximum absolute atomic E-state index is 13.8. The summed E-state index contributed by atoms with van der Waals surface area (Å²) < 4.78 is 98.7. The van der Waals surface area contributed by atoms with Gasteiger partial charge in [-0.05, 0) is 19.1 Å². The Kier molecular flexibility index (Phi) is 3.96. The number of halogens is 5. The molecule has 0 aliphatic heterocycles. The van der Waals surface area contributed by atoms with Crippen LogP contribution in [0.2, 0.25) is 0 Å². The summed E-state index contributed by atoms with van der Waals surface area (Å²) in [5.74, 6) is -11.2. The molecule has 22 heavy (non-hydrogen) atoms. The van der Waals surface area contributed by atoms with Crippen LogP contribution >= 0.6 is 0 Å². The van der Waals surface area contributed by atoms with E-state index in [-0.39, 0.29) is 5.56 Å². The molecule has 1 N–H and O–H groups in total. The van der Waals surface area contributed by atoms with Gasteiger partial charge in [0.1, 0.15) is 4.90 Å². The molecule has 0 fully saturated rings. The van der Waals surface area contributed by atoms with Crippen LogP contribution in [-0.4, -0.2) is 13.0 Å². The minimum atomic E-state index is -4.94. The highest BCUT2D eigenvalue weighted by Crippen LogP contribution is 2.35. The van der Waals surface area contributed by atoms with Crippen molar-refractivity contribution < 1.29 is 34.9 Å². The molecule has 2 aromatic carbocycles. The van der Waals surface area contributed by atoms with Crippen LogP contribution in [-0.2, 0) is 10.1 Å². The predicted octanol–water partition coefficient (Wildman–Crippen LogP) is 3.60. The molecule has 0 atom stereocenters. The number of rotatable bonds is 2. The summed E-state index contributed by atoms with van der Waals surface area (Å²) in [6, 6.07) is 2.89. The molecular weight excluding hydrogens is 331 g/mol. The zero-order valence-corrected chi connectivity index (χ0v) is 11.6. The third kappa shape index (κ3) is 2.57. The van der Waals surface area contributed by atoms with Crippen molar-refractivity contribution in [3.63, 3.8) is 0 Å². The molecule has 0 amide bonds. The Hall–Kier alpha value is -2.00. The Balaban J connectivity index is 2.99. The molecule has 0 bridgehead atoms. The summed E-state index contributed by atoms with van der Waals surface area (Å²) >= 11 is 0. The third-order valence-electron chi connectivity index (χ3n) is 2.89. The molecule has 2 rings (SSSR count). The highest BCUT2D eigenvalue weighted by atomic mass is 32.2. The van der Waals surface area contributed by atoms with Gasteiger partial charge in [-0.2, -0.15) is 8.42 Å². The first-order valence-corrected chi connectivity index (χ1v) is 7.09. The van der Waals surface area contributed by atoms with Gasteiger partial charge in [0, 0.05) is 5.56 Å². The minimum absolute atomic E-state index is 0.284. The summed E-state index contributed by atoms with van der Waals surface area (Å²) in [6.45, 7) is 1.41. The highest BCUT2D eigenvalue weighted by molar-refractivity contribution is 7.86. The normalized spacial score (nSPS) is 11.8. The number of hydrogen-bond acceptors (Lipinski definition) is 2. The maximum Gasteiger partial charge on any atom is 0.295 e. The molecule has 0 radical (unpaired) electrons. The molecule has 0 saturated heterocycles. The lowest BCUT2D eigenvalue weighted by Gasteiger charge is -2.12. The fourth-order valence-corrected chi connectivity index (χ4v) is 2.58. The molecule has 118 valence electrons. The van der Waals surface area contributed by atoms with Gasteiger partial charge in [-0.25, -0.2) is 22.0 Å². The molecule has 0 aromatic heterocycles. The predicted molar refractivity (Wildman–Crippen MR) is 66.2 cm³/mol. The van der Waals surface area contributed by atoms with E-state index in [1.54, 1.807) is 0 Å². The molecule has 2 aromatic rings. The lowest BCUT2D eigenvalue weighted by molar-refractivity contribution is 0.381. The van der Waals surface area contributed by atoms with Gasteiger partial charge in [0.05, 0.1) is 5.56 Å². The summed E-state index contributed by atoms with van der Waals surface area (Å²) in [6.07, 6.45) is 0. The van der Waals surface area contributed by atoms with Crippen LogP contribution in [0.5, 0.6) is 0 Å². The SMILES string of the molecule is Cc1ccc(S(=O)(=O)O)c(-c2c(F)c(F)c(F)c(F)c2F)c1. The maximum atomic E-state index is 13.8. The van der Waals surface area contributed by atoms with Gasteiger partial charge in [-0.3, -0.25) is 4.55 Å². The van der Waals surface area contributed by atoms with Crippen molar-refractivity contribution in [3.8, 4) is 11.1 Å². The van der Waals surface area contributed by atoms with Crippen molar-refractivity contribution in [2.45, 2.75) is 11.8 Å². The second-order valence-electron chi connectivity index (χ2n) is 4.42. The van der Waals surface area contributed by atoms with Gasteiger partial charge in [0.25, 0.3) is 10.1 Å². The van der Waals surface area contributed by atoms with Crippen molar-refractivity contribution in [1.82, 2.24) is 0 Å². The van der Waals surface area contributed by atoms with E-state index in [0.29, 0.717) is 0 Å². The molecule has 9 heteroatoms. The molecule has 0 unspecified atom stereocenters. The Morgan fingerprint density at radius 3 is 1.77 bits per heavy atom. The van der Waals surface area contributed by atoms with Crippen molar-refractivity contribution >= 4 is 10.1 Å². The van der Waals surface area contributed by atoms with E-state index >= 15 is 0 Å². The number of aryl methyl sites for hydroxylation is 1. The van der Waals surface area contributed by atoms with Crippen molar-refractivity contribution in [3.05, 3.63) is 52.8 Å². The average molecular weight is 338 g/mol. The van der Waals surface area contributed by atoms with Crippen LogP contribution in [0.1, 0.15) is 5.56 Å². The van der Waals surface area contributed by atoms with Crippen LogP contribution in [0.4, 0.5) is 22.0 Å². The van der Waals surface area contributed by atoms with E-state index in [0.717, 1.165) is 12.1 Å². The fourth-order valence-electron chi connectivity index (χ4n) is 1.91. The monoisotopic (exact) mass is 338 g/mol. The first kappa shape index (κ1) is 16.4. The zero-order chi connectivity index (χ0) is 16.8. The highest BCUT2D eigenvalue weighted by Gasteiger charge is 2.29. The van der Waals surface area contributed by atoms with Gasteiger partial charge < -0.3 is 0 Å². The van der Waals surface area contributed by atoms with Crippen LogP contribution in [0.15, 0.2) is 23.1 Å². The average Bonchev–Trinajstić information content (AvgIpc) is 2.42. The van der Waals surface area contributed by atoms with E-state index < -0.39 is 55.2 Å². The van der Waals surface area contributed by atoms with Gasteiger partial charge in [-0.1, -0.05) is 11.6 Å². The first-order valence-electron chi connectivity index (χ1n) is 5.65. The zero-order valence-electron chi connectivity index (χ0n) is 10.8. The molecule has 0 saturated carbocycles. The largest absolute Gasteiger partial charge is 0.295 e. The van der Waals surface area contributed by atoms with Crippen molar-refractivity contribution in [2.75, 3.05) is 0 Å². The number of hydrogen-bond donors (Lipinski definition) is 1. The Labute approximate surface area is 121 Å². The molecule has 0 spiro atoms. The quantitative estimate of drug-likeness (QED) is 0.394. The smallest absolute Gasteiger partial charge is 0.282 e. The van der Waals surface area contributed by atoms with E-state index in [9.17, 15) is 30.4 Å². The van der Waals surface area contributed by atoms with Gasteiger partial charge >= 0.3 is 0 Å². The lowest BCUT2D eigenvalue weighted by Crippen LogP contribution is -2.08. The van der Waals surface area contributed by atoms with Crippen LogP contribution in [0, 0.1) is 36.0 Å². The van der Waals surface area contributed by atoms with Crippen LogP contribution in [0.3, 0.4) is 0 Å². The molecule has 0 aliphatic carbocycles. The lowest BCUT2D eigenvalue weighted by atomic mass is 10.0. The van der Waals surface area contributed by atoms with E-state index in [1.165, 1.54) is 13.0 Å². The van der Waals surface area contributed by atoms with Gasteiger partial charge in [0.2, 0.25) is 5.82 Å². The minimum Gasteiger partial charge on any atom is -0.282 e. The second-order valence-corrected chi connectivity index (χ2v) is 5.81. The Morgan fingerprint density at radius 2 is 1.32 bits per heavy atom. The Morgan fingerprint density at radius 1 is 0.864 bits per heavy atom. The molecular formula is C13H7F5O3S. The number of benzene rings is 2. The summed E-state index contributed by atoms with van der Waals surface area (Å²) in [4.78, 5) is -0.971.